The number of hydrogen-bond donors (Lipinski definition) is 1. The molecule has 2 fully saturated rings. The molecule has 5 unspecified atom stereocenters. The van der Waals surface area contributed by atoms with Crippen LogP contribution >= 0.6 is 0 Å². The highest BCUT2D eigenvalue weighted by molar-refractivity contribution is 5.74. The van der Waals surface area contributed by atoms with Gasteiger partial charge in [0.2, 0.25) is 0 Å². The van der Waals surface area contributed by atoms with Crippen molar-refractivity contribution >= 4 is 5.90 Å². The first-order valence-corrected chi connectivity index (χ1v) is 8.23. The molecule has 5 atom stereocenters. The maximum absolute atomic E-state index is 10.4. The van der Waals surface area contributed by atoms with Crippen LogP contribution in [0.5, 0.6) is 0 Å². The van der Waals surface area contributed by atoms with Crippen molar-refractivity contribution in [3.05, 3.63) is 0 Å². The van der Waals surface area contributed by atoms with Crippen LogP contribution in [-0.2, 0) is 4.74 Å². The number of aliphatic hydroxyl groups is 1. The van der Waals surface area contributed by atoms with Gasteiger partial charge in [-0.05, 0) is 31.6 Å². The number of hydrogen-bond acceptors (Lipinski definition) is 4. The Morgan fingerprint density at radius 2 is 2.10 bits per heavy atom. The molecule has 1 aliphatic carbocycles. The summed E-state index contributed by atoms with van der Waals surface area (Å²) in [7, 11) is 0. The van der Waals surface area contributed by atoms with Gasteiger partial charge in [-0.25, -0.2) is 4.99 Å². The Morgan fingerprint density at radius 1 is 1.35 bits per heavy atom. The lowest BCUT2D eigenvalue weighted by atomic mass is 9.73. The zero-order chi connectivity index (χ0) is 14.1. The van der Waals surface area contributed by atoms with Crippen molar-refractivity contribution in [2.45, 2.75) is 64.1 Å². The molecule has 3 aliphatic rings. The van der Waals surface area contributed by atoms with Crippen LogP contribution in [0.3, 0.4) is 0 Å². The summed E-state index contributed by atoms with van der Waals surface area (Å²) in [5.74, 6) is 2.51. The minimum absolute atomic E-state index is 0.0636. The Labute approximate surface area is 122 Å². The summed E-state index contributed by atoms with van der Waals surface area (Å²) >= 11 is 0. The largest absolute Gasteiger partial charge is 0.479 e. The highest BCUT2D eigenvalue weighted by Gasteiger charge is 2.36. The number of aliphatic imine (C=N–C) groups is 1. The van der Waals surface area contributed by atoms with Crippen molar-refractivity contribution in [1.82, 2.24) is 4.90 Å². The molecular weight excluding hydrogens is 252 g/mol. The van der Waals surface area contributed by atoms with Gasteiger partial charge in [-0.1, -0.05) is 19.3 Å². The minimum atomic E-state index is -0.393. The van der Waals surface area contributed by atoms with E-state index in [1.807, 2.05) is 6.92 Å². The Kier molecular flexibility index (Phi) is 4.32. The fraction of sp³-hybridized carbons (Fsp3) is 0.938. The summed E-state index contributed by atoms with van der Waals surface area (Å²) in [5, 5.41) is 10.4. The van der Waals surface area contributed by atoms with Crippen molar-refractivity contribution in [3.8, 4) is 0 Å². The lowest BCUT2D eigenvalue weighted by Gasteiger charge is -2.45. The van der Waals surface area contributed by atoms with Gasteiger partial charge in [0, 0.05) is 26.1 Å². The predicted octanol–water partition coefficient (Wildman–Crippen LogP) is 2.07. The van der Waals surface area contributed by atoms with E-state index in [1.165, 1.54) is 38.6 Å². The third kappa shape index (κ3) is 3.01. The first-order valence-electron chi connectivity index (χ1n) is 8.23. The predicted molar refractivity (Wildman–Crippen MR) is 80.0 cm³/mol. The van der Waals surface area contributed by atoms with Crippen LogP contribution in [0.25, 0.3) is 0 Å². The Bertz CT molecular complexity index is 371. The second-order valence-corrected chi connectivity index (χ2v) is 6.94. The molecule has 4 nitrogen and oxygen atoms in total. The summed E-state index contributed by atoms with van der Waals surface area (Å²) in [6.07, 6.45) is 6.53. The molecule has 0 aromatic rings. The van der Waals surface area contributed by atoms with Crippen molar-refractivity contribution in [1.29, 1.82) is 0 Å². The highest BCUT2D eigenvalue weighted by atomic mass is 16.5. The van der Waals surface area contributed by atoms with Crippen LogP contribution in [0, 0.1) is 11.8 Å². The topological polar surface area (TPSA) is 45.1 Å². The van der Waals surface area contributed by atoms with E-state index in [9.17, 15) is 5.11 Å². The molecule has 0 spiro atoms. The van der Waals surface area contributed by atoms with Crippen LogP contribution in [-0.4, -0.2) is 53.8 Å². The molecule has 0 aromatic heterocycles. The number of rotatable bonds is 3. The normalized spacial score (nSPS) is 39.9. The van der Waals surface area contributed by atoms with Crippen molar-refractivity contribution in [3.63, 3.8) is 0 Å². The zero-order valence-electron chi connectivity index (χ0n) is 12.8. The first kappa shape index (κ1) is 14.3. The highest BCUT2D eigenvalue weighted by Crippen LogP contribution is 2.38. The van der Waals surface area contributed by atoms with Gasteiger partial charge in [-0.15, -0.1) is 0 Å². The van der Waals surface area contributed by atoms with Gasteiger partial charge < -0.3 is 9.84 Å². The number of β-amino-alcohol motifs (C(OH)–C–C–N with tert-alkyl or cyclic N) is 1. The molecule has 0 amide bonds. The average molecular weight is 280 g/mol. The molecule has 1 saturated carbocycles. The van der Waals surface area contributed by atoms with Gasteiger partial charge in [-0.2, -0.15) is 0 Å². The van der Waals surface area contributed by atoms with Gasteiger partial charge in [0.25, 0.3) is 0 Å². The van der Waals surface area contributed by atoms with Crippen LogP contribution in [0.1, 0.15) is 46.0 Å². The number of nitrogens with zero attached hydrogens (tertiary/aromatic N) is 2. The molecule has 2 heterocycles. The number of ether oxygens (including phenoxy) is 1. The maximum atomic E-state index is 10.4. The second kappa shape index (κ2) is 6.02. The molecule has 2 aliphatic heterocycles. The van der Waals surface area contributed by atoms with Gasteiger partial charge in [0.1, 0.15) is 12.6 Å². The van der Waals surface area contributed by atoms with E-state index < -0.39 is 6.10 Å². The number of piperidine rings is 1. The van der Waals surface area contributed by atoms with Crippen LogP contribution in [0.2, 0.25) is 0 Å². The third-order valence-corrected chi connectivity index (χ3v) is 5.48. The molecule has 3 rings (SSSR count). The van der Waals surface area contributed by atoms with Crippen LogP contribution in [0.15, 0.2) is 4.99 Å². The summed E-state index contributed by atoms with van der Waals surface area (Å²) in [4.78, 5) is 6.86. The first-order chi connectivity index (χ1) is 9.63. The van der Waals surface area contributed by atoms with Gasteiger partial charge in [0.15, 0.2) is 5.90 Å². The standard InChI is InChI=1S/C16H28N2O2/c1-11-7-13-5-3-4-6-14(13)8-18(11)9-16(19)15-10-20-12(2)17-15/h11,13-16,19H,3-10H2,1-2H3. The Balaban J connectivity index is 1.56. The van der Waals surface area contributed by atoms with Gasteiger partial charge in [0.05, 0.1) is 6.10 Å². The number of aliphatic hydroxyl groups excluding tert-OH is 1. The molecule has 1 N–H and O–H groups in total. The second-order valence-electron chi connectivity index (χ2n) is 6.94. The monoisotopic (exact) mass is 280 g/mol. The Hall–Kier alpha value is -0.610. The minimum Gasteiger partial charge on any atom is -0.479 e. The number of likely N-dealkylation sites (tertiary alicyclic amines) is 1. The summed E-state index contributed by atoms with van der Waals surface area (Å²) in [6.45, 7) is 6.63. The molecular formula is C16H28N2O2. The lowest BCUT2D eigenvalue weighted by Crippen LogP contribution is -2.51. The van der Waals surface area contributed by atoms with Gasteiger partial charge in [-0.3, -0.25) is 4.90 Å². The van der Waals surface area contributed by atoms with Crippen molar-refractivity contribution in [2.24, 2.45) is 16.8 Å². The molecule has 4 heteroatoms. The van der Waals surface area contributed by atoms with E-state index in [0.29, 0.717) is 18.5 Å². The fourth-order valence-corrected chi connectivity index (χ4v) is 4.23. The van der Waals surface area contributed by atoms with E-state index in [1.54, 1.807) is 0 Å². The lowest BCUT2D eigenvalue weighted by molar-refractivity contribution is 0.00537. The van der Waals surface area contributed by atoms with E-state index in [4.69, 9.17) is 4.74 Å². The average Bonchev–Trinajstić information content (AvgIpc) is 2.86. The molecule has 114 valence electrons. The fourth-order valence-electron chi connectivity index (χ4n) is 4.23. The summed E-state index contributed by atoms with van der Waals surface area (Å²) < 4.78 is 5.36. The van der Waals surface area contributed by atoms with Crippen molar-refractivity contribution in [2.75, 3.05) is 19.7 Å². The Morgan fingerprint density at radius 3 is 2.80 bits per heavy atom. The van der Waals surface area contributed by atoms with E-state index in [2.05, 4.69) is 16.8 Å². The van der Waals surface area contributed by atoms with Crippen LogP contribution in [0.4, 0.5) is 0 Å². The summed E-state index contributed by atoms with van der Waals surface area (Å²) in [5.41, 5.74) is 0. The maximum Gasteiger partial charge on any atom is 0.180 e. The summed E-state index contributed by atoms with van der Waals surface area (Å²) in [6, 6.07) is 0.530. The molecule has 0 radical (unpaired) electrons. The van der Waals surface area contributed by atoms with E-state index in [-0.39, 0.29) is 6.04 Å². The molecule has 20 heavy (non-hydrogen) atoms. The third-order valence-electron chi connectivity index (χ3n) is 5.48. The SMILES string of the molecule is CC1=NC(C(O)CN2CC3CCCCC3CC2C)CO1. The molecule has 1 saturated heterocycles. The van der Waals surface area contributed by atoms with E-state index >= 15 is 0 Å². The van der Waals surface area contributed by atoms with Gasteiger partial charge >= 0.3 is 0 Å². The zero-order valence-corrected chi connectivity index (χ0v) is 12.8. The molecule has 0 bridgehead atoms. The quantitative estimate of drug-likeness (QED) is 0.861. The smallest absolute Gasteiger partial charge is 0.180 e. The number of fused-ring (bicyclic) bond motifs is 1. The van der Waals surface area contributed by atoms with Crippen molar-refractivity contribution < 1.29 is 9.84 Å². The van der Waals surface area contributed by atoms with Crippen LogP contribution < -0.4 is 0 Å². The van der Waals surface area contributed by atoms with E-state index in [0.717, 1.165) is 18.4 Å². The molecule has 0 aromatic carbocycles.